The Morgan fingerprint density at radius 3 is 2.52 bits per heavy atom. The number of nitrogens with zero attached hydrogens (tertiary/aromatic N) is 3. The molecule has 0 saturated carbocycles. The van der Waals surface area contributed by atoms with Crippen molar-refractivity contribution >= 4 is 29.9 Å². The molecule has 1 unspecified atom stereocenters. The average Bonchev–Trinajstić information content (AvgIpc) is 2.68. The maximum Gasteiger partial charge on any atom is 0.191 e. The van der Waals surface area contributed by atoms with Crippen LogP contribution in [0.25, 0.3) is 0 Å². The van der Waals surface area contributed by atoms with Crippen molar-refractivity contribution in [3.8, 4) is 0 Å². The Morgan fingerprint density at radius 1 is 1.28 bits per heavy atom. The van der Waals surface area contributed by atoms with Gasteiger partial charge < -0.3 is 10.6 Å². The molecular weight excluding hydrogens is 473 g/mol. The van der Waals surface area contributed by atoms with E-state index in [-0.39, 0.29) is 24.0 Å². The van der Waals surface area contributed by atoms with Gasteiger partial charge in [0, 0.05) is 51.9 Å². The number of guanidine groups is 1. The minimum Gasteiger partial charge on any atom is -0.356 e. The minimum absolute atomic E-state index is 0. The summed E-state index contributed by atoms with van der Waals surface area (Å²) in [4.78, 5) is 9.31. The van der Waals surface area contributed by atoms with Crippen LogP contribution in [0.3, 0.4) is 0 Å². The molecule has 1 aromatic rings. The lowest BCUT2D eigenvalue weighted by atomic mass is 10.0. The SMILES string of the molecule is C=C(C)CN1CCC(NC(=NC)NCCC(C)N(C)Cc2ccccc2)CC1.I. The Labute approximate surface area is 195 Å². The summed E-state index contributed by atoms with van der Waals surface area (Å²) in [6.07, 6.45) is 3.40. The van der Waals surface area contributed by atoms with Crippen LogP contribution >= 0.6 is 24.0 Å². The molecule has 0 amide bonds. The second-order valence-corrected chi connectivity index (χ2v) is 8.19. The molecule has 29 heavy (non-hydrogen) atoms. The van der Waals surface area contributed by atoms with Crippen LogP contribution in [0.2, 0.25) is 0 Å². The lowest BCUT2D eigenvalue weighted by Gasteiger charge is -2.33. The van der Waals surface area contributed by atoms with E-state index in [1.165, 1.54) is 11.1 Å². The van der Waals surface area contributed by atoms with Crippen molar-refractivity contribution < 1.29 is 0 Å². The van der Waals surface area contributed by atoms with Gasteiger partial charge in [0.2, 0.25) is 0 Å². The number of aliphatic imine (C=N–C) groups is 1. The molecule has 1 aliphatic rings. The first-order valence-corrected chi connectivity index (χ1v) is 10.6. The number of halogens is 1. The molecule has 1 fully saturated rings. The molecule has 2 N–H and O–H groups in total. The normalized spacial score (nSPS) is 16.9. The zero-order valence-corrected chi connectivity index (χ0v) is 21.0. The van der Waals surface area contributed by atoms with Gasteiger partial charge in [-0.2, -0.15) is 0 Å². The summed E-state index contributed by atoms with van der Waals surface area (Å²) < 4.78 is 0. The molecule has 1 aromatic carbocycles. The second-order valence-electron chi connectivity index (χ2n) is 8.19. The molecule has 6 heteroatoms. The van der Waals surface area contributed by atoms with Crippen LogP contribution in [0.1, 0.15) is 38.7 Å². The number of likely N-dealkylation sites (tertiary alicyclic amines) is 1. The molecule has 1 heterocycles. The molecule has 164 valence electrons. The van der Waals surface area contributed by atoms with Crippen molar-refractivity contribution in [2.24, 2.45) is 4.99 Å². The molecule has 0 radical (unpaired) electrons. The summed E-state index contributed by atoms with van der Waals surface area (Å²) in [5.74, 6) is 0.927. The van der Waals surface area contributed by atoms with E-state index in [1.54, 1.807) is 0 Å². The van der Waals surface area contributed by atoms with E-state index in [0.717, 1.165) is 57.9 Å². The van der Waals surface area contributed by atoms with Crippen LogP contribution in [-0.4, -0.2) is 68.1 Å². The van der Waals surface area contributed by atoms with E-state index in [4.69, 9.17) is 0 Å². The number of hydrogen-bond acceptors (Lipinski definition) is 3. The standard InChI is InChI=1S/C23H39N5.HI/c1-19(2)17-28-15-12-22(13-16-28)26-23(24-4)25-14-11-20(3)27(5)18-21-9-7-6-8-10-21;/h6-10,20,22H,1,11-18H2,2-5H3,(H2,24,25,26);1H. The van der Waals surface area contributed by atoms with Crippen molar-refractivity contribution in [3.05, 3.63) is 48.0 Å². The molecule has 2 rings (SSSR count). The molecule has 0 spiro atoms. The van der Waals surface area contributed by atoms with Gasteiger partial charge in [0.05, 0.1) is 0 Å². The van der Waals surface area contributed by atoms with E-state index in [0.29, 0.717) is 12.1 Å². The van der Waals surface area contributed by atoms with Gasteiger partial charge in [-0.25, -0.2) is 0 Å². The van der Waals surface area contributed by atoms with E-state index in [2.05, 4.69) is 83.2 Å². The topological polar surface area (TPSA) is 42.9 Å². The predicted octanol–water partition coefficient (Wildman–Crippen LogP) is 3.72. The Bertz CT molecular complexity index is 611. The van der Waals surface area contributed by atoms with Crippen LogP contribution in [0.4, 0.5) is 0 Å². The molecule has 1 aliphatic heterocycles. The van der Waals surface area contributed by atoms with Crippen LogP contribution in [0.15, 0.2) is 47.5 Å². The van der Waals surface area contributed by atoms with Crippen molar-refractivity contribution in [2.45, 2.75) is 51.7 Å². The van der Waals surface area contributed by atoms with Gasteiger partial charge in [0.1, 0.15) is 0 Å². The molecule has 5 nitrogen and oxygen atoms in total. The summed E-state index contributed by atoms with van der Waals surface area (Å²) in [5, 5.41) is 7.09. The predicted molar refractivity (Wildman–Crippen MR) is 136 cm³/mol. The first kappa shape index (κ1) is 25.9. The molecule has 1 atom stereocenters. The first-order chi connectivity index (χ1) is 13.5. The number of rotatable bonds is 9. The Morgan fingerprint density at radius 2 is 1.93 bits per heavy atom. The zero-order valence-electron chi connectivity index (χ0n) is 18.7. The molecule has 0 aliphatic carbocycles. The fourth-order valence-corrected chi connectivity index (χ4v) is 3.65. The fourth-order valence-electron chi connectivity index (χ4n) is 3.65. The zero-order chi connectivity index (χ0) is 20.4. The molecule has 0 bridgehead atoms. The smallest absolute Gasteiger partial charge is 0.191 e. The fraction of sp³-hybridized carbons (Fsp3) is 0.609. The van der Waals surface area contributed by atoms with Gasteiger partial charge in [-0.3, -0.25) is 14.8 Å². The summed E-state index contributed by atoms with van der Waals surface area (Å²) in [7, 11) is 4.06. The monoisotopic (exact) mass is 513 g/mol. The largest absolute Gasteiger partial charge is 0.356 e. The van der Waals surface area contributed by atoms with Gasteiger partial charge in [0.25, 0.3) is 0 Å². The van der Waals surface area contributed by atoms with E-state index in [1.807, 2.05) is 7.05 Å². The lowest BCUT2D eigenvalue weighted by Crippen LogP contribution is -2.49. The van der Waals surface area contributed by atoms with Crippen molar-refractivity contribution in [3.63, 3.8) is 0 Å². The Hall–Kier alpha value is -1.12. The van der Waals surface area contributed by atoms with Crippen LogP contribution in [0, 0.1) is 0 Å². The third-order valence-corrected chi connectivity index (χ3v) is 5.53. The average molecular weight is 514 g/mol. The van der Waals surface area contributed by atoms with Gasteiger partial charge >= 0.3 is 0 Å². The maximum atomic E-state index is 4.41. The van der Waals surface area contributed by atoms with Crippen LogP contribution < -0.4 is 10.6 Å². The highest BCUT2D eigenvalue weighted by Crippen LogP contribution is 2.11. The van der Waals surface area contributed by atoms with Gasteiger partial charge in [-0.05, 0) is 45.7 Å². The van der Waals surface area contributed by atoms with E-state index < -0.39 is 0 Å². The van der Waals surface area contributed by atoms with Gasteiger partial charge in [0.15, 0.2) is 5.96 Å². The van der Waals surface area contributed by atoms with Gasteiger partial charge in [-0.15, -0.1) is 24.0 Å². The molecule has 0 aromatic heterocycles. The highest BCUT2D eigenvalue weighted by molar-refractivity contribution is 14.0. The van der Waals surface area contributed by atoms with Crippen molar-refractivity contribution in [1.29, 1.82) is 0 Å². The number of piperidine rings is 1. The minimum atomic E-state index is 0. The highest BCUT2D eigenvalue weighted by atomic mass is 127. The Kier molecular flexibility index (Phi) is 12.5. The first-order valence-electron chi connectivity index (χ1n) is 10.6. The maximum absolute atomic E-state index is 4.41. The molecule has 1 saturated heterocycles. The summed E-state index contributed by atoms with van der Waals surface area (Å²) in [6.45, 7) is 13.6. The van der Waals surface area contributed by atoms with Crippen LogP contribution in [-0.2, 0) is 6.54 Å². The van der Waals surface area contributed by atoms with Crippen molar-refractivity contribution in [2.75, 3.05) is 40.3 Å². The summed E-state index contributed by atoms with van der Waals surface area (Å²) >= 11 is 0. The third-order valence-electron chi connectivity index (χ3n) is 5.53. The van der Waals surface area contributed by atoms with Crippen molar-refractivity contribution in [1.82, 2.24) is 20.4 Å². The summed E-state index contributed by atoms with van der Waals surface area (Å²) in [5.41, 5.74) is 2.61. The van der Waals surface area contributed by atoms with Gasteiger partial charge in [-0.1, -0.05) is 42.5 Å². The number of nitrogens with one attached hydrogen (secondary N) is 2. The molecular formula is C23H40IN5. The van der Waals surface area contributed by atoms with E-state index >= 15 is 0 Å². The summed E-state index contributed by atoms with van der Waals surface area (Å²) in [6, 6.07) is 11.7. The van der Waals surface area contributed by atoms with E-state index in [9.17, 15) is 0 Å². The highest BCUT2D eigenvalue weighted by Gasteiger charge is 2.19. The lowest BCUT2D eigenvalue weighted by molar-refractivity contribution is 0.220. The number of benzene rings is 1. The Balaban J connectivity index is 0.00000420. The quantitative estimate of drug-likeness (QED) is 0.229. The second kappa shape index (κ2) is 14.0. The number of hydrogen-bond donors (Lipinski definition) is 2. The van der Waals surface area contributed by atoms with Crippen LogP contribution in [0.5, 0.6) is 0 Å². The third kappa shape index (κ3) is 9.96.